The summed E-state index contributed by atoms with van der Waals surface area (Å²) in [7, 11) is 1.64. The van der Waals surface area contributed by atoms with Crippen LogP contribution >= 0.6 is 0 Å². The molecule has 0 spiro atoms. The lowest BCUT2D eigenvalue weighted by Crippen LogP contribution is -2.34. The summed E-state index contributed by atoms with van der Waals surface area (Å²) in [6.45, 7) is 2.33. The van der Waals surface area contributed by atoms with Crippen molar-refractivity contribution in [1.82, 2.24) is 0 Å². The first-order valence-electron chi connectivity index (χ1n) is 7.70. The Kier molecular flexibility index (Phi) is 3.88. The standard InChI is InChI=1S/C17H24O3/c1-11-3-5-12(6-4-11)17-10-15(18)14-9-13(19-2)7-8-16(14)20-17/h7-9,11-12,15,17-18H,3-6,10H2,1-2H3/t11?,12?,15-,17?/m0/s1. The van der Waals surface area contributed by atoms with Gasteiger partial charge in [-0.25, -0.2) is 0 Å². The fourth-order valence-corrected chi connectivity index (χ4v) is 3.53. The average molecular weight is 276 g/mol. The molecule has 1 aliphatic heterocycles. The van der Waals surface area contributed by atoms with Crippen LogP contribution in [0.4, 0.5) is 0 Å². The van der Waals surface area contributed by atoms with Crippen molar-refractivity contribution < 1.29 is 14.6 Å². The van der Waals surface area contributed by atoms with Gasteiger partial charge in [-0.3, -0.25) is 0 Å². The van der Waals surface area contributed by atoms with Crippen molar-refractivity contribution in [3.8, 4) is 11.5 Å². The molecule has 1 aromatic rings. The number of ether oxygens (including phenoxy) is 2. The molecular formula is C17H24O3. The molecule has 0 aromatic heterocycles. The summed E-state index contributed by atoms with van der Waals surface area (Å²) in [5.74, 6) is 3.04. The molecule has 1 fully saturated rings. The van der Waals surface area contributed by atoms with Crippen LogP contribution in [0.5, 0.6) is 11.5 Å². The van der Waals surface area contributed by atoms with Crippen LogP contribution in [-0.4, -0.2) is 18.3 Å². The molecule has 1 unspecified atom stereocenters. The second-order valence-corrected chi connectivity index (χ2v) is 6.33. The van der Waals surface area contributed by atoms with E-state index in [0.717, 1.165) is 23.0 Å². The Hall–Kier alpha value is -1.22. The van der Waals surface area contributed by atoms with Gasteiger partial charge in [0.1, 0.15) is 17.6 Å². The predicted molar refractivity (Wildman–Crippen MR) is 78.1 cm³/mol. The molecule has 3 nitrogen and oxygen atoms in total. The van der Waals surface area contributed by atoms with Crippen molar-refractivity contribution in [1.29, 1.82) is 0 Å². The number of hydrogen-bond donors (Lipinski definition) is 1. The van der Waals surface area contributed by atoms with Crippen molar-refractivity contribution >= 4 is 0 Å². The Morgan fingerprint density at radius 3 is 2.65 bits per heavy atom. The van der Waals surface area contributed by atoms with Gasteiger partial charge in [-0.05, 0) is 42.9 Å². The lowest BCUT2D eigenvalue weighted by atomic mass is 9.78. The topological polar surface area (TPSA) is 38.7 Å². The molecule has 0 saturated heterocycles. The van der Waals surface area contributed by atoms with Gasteiger partial charge in [-0.1, -0.05) is 19.8 Å². The first kappa shape index (κ1) is 13.7. The molecule has 1 heterocycles. The molecule has 3 heteroatoms. The lowest BCUT2D eigenvalue weighted by molar-refractivity contribution is 0.0192. The second-order valence-electron chi connectivity index (χ2n) is 6.33. The van der Waals surface area contributed by atoms with Gasteiger partial charge in [0.15, 0.2) is 0 Å². The van der Waals surface area contributed by atoms with Crippen LogP contribution in [0.1, 0.15) is 50.7 Å². The number of benzene rings is 1. The van der Waals surface area contributed by atoms with Crippen LogP contribution < -0.4 is 9.47 Å². The molecule has 20 heavy (non-hydrogen) atoms. The zero-order valence-corrected chi connectivity index (χ0v) is 12.3. The summed E-state index contributed by atoms with van der Waals surface area (Å²) >= 11 is 0. The Balaban J connectivity index is 1.75. The van der Waals surface area contributed by atoms with Crippen molar-refractivity contribution in [2.24, 2.45) is 11.8 Å². The van der Waals surface area contributed by atoms with Crippen LogP contribution in [0.3, 0.4) is 0 Å². The summed E-state index contributed by atoms with van der Waals surface area (Å²) in [5, 5.41) is 10.4. The maximum absolute atomic E-state index is 10.4. The molecule has 0 amide bonds. The Morgan fingerprint density at radius 2 is 1.95 bits per heavy atom. The van der Waals surface area contributed by atoms with Gasteiger partial charge >= 0.3 is 0 Å². The van der Waals surface area contributed by atoms with Gasteiger partial charge in [0.25, 0.3) is 0 Å². The number of hydrogen-bond acceptors (Lipinski definition) is 3. The minimum atomic E-state index is -0.432. The molecule has 110 valence electrons. The Morgan fingerprint density at radius 1 is 1.20 bits per heavy atom. The molecule has 2 aliphatic rings. The van der Waals surface area contributed by atoms with Crippen molar-refractivity contribution in [2.75, 3.05) is 7.11 Å². The van der Waals surface area contributed by atoms with Gasteiger partial charge in [0.2, 0.25) is 0 Å². The minimum Gasteiger partial charge on any atom is -0.497 e. The van der Waals surface area contributed by atoms with Crippen molar-refractivity contribution in [3.05, 3.63) is 23.8 Å². The van der Waals surface area contributed by atoms with E-state index in [9.17, 15) is 5.11 Å². The summed E-state index contributed by atoms with van der Waals surface area (Å²) in [6.07, 6.45) is 5.47. The van der Waals surface area contributed by atoms with Gasteiger partial charge in [0, 0.05) is 12.0 Å². The molecule has 1 aliphatic carbocycles. The summed E-state index contributed by atoms with van der Waals surface area (Å²) in [4.78, 5) is 0. The molecule has 0 bridgehead atoms. The Bertz CT molecular complexity index is 463. The molecule has 1 aromatic carbocycles. The van der Waals surface area contributed by atoms with Crippen molar-refractivity contribution in [2.45, 2.75) is 51.2 Å². The van der Waals surface area contributed by atoms with Gasteiger partial charge in [-0.2, -0.15) is 0 Å². The summed E-state index contributed by atoms with van der Waals surface area (Å²) in [5.41, 5.74) is 0.866. The van der Waals surface area contributed by atoms with E-state index in [2.05, 4.69) is 6.92 Å². The van der Waals surface area contributed by atoms with Crippen LogP contribution in [0.25, 0.3) is 0 Å². The first-order chi connectivity index (χ1) is 9.67. The number of fused-ring (bicyclic) bond motifs is 1. The monoisotopic (exact) mass is 276 g/mol. The number of aliphatic hydroxyl groups is 1. The van der Waals surface area contributed by atoms with Gasteiger partial charge in [0.05, 0.1) is 13.2 Å². The van der Waals surface area contributed by atoms with E-state index in [4.69, 9.17) is 9.47 Å². The third-order valence-electron chi connectivity index (χ3n) is 4.90. The molecule has 1 saturated carbocycles. The number of aliphatic hydroxyl groups excluding tert-OH is 1. The zero-order chi connectivity index (χ0) is 14.1. The first-order valence-corrected chi connectivity index (χ1v) is 7.70. The minimum absolute atomic E-state index is 0.165. The second kappa shape index (κ2) is 5.65. The van der Waals surface area contributed by atoms with Gasteiger partial charge in [-0.15, -0.1) is 0 Å². The average Bonchev–Trinajstić information content (AvgIpc) is 2.47. The van der Waals surface area contributed by atoms with Crippen LogP contribution in [0.15, 0.2) is 18.2 Å². The third kappa shape index (κ3) is 2.64. The Labute approximate surface area is 120 Å². The van der Waals surface area contributed by atoms with E-state index in [1.54, 1.807) is 7.11 Å². The molecule has 3 rings (SSSR count). The van der Waals surface area contributed by atoms with Crippen LogP contribution in [0, 0.1) is 11.8 Å². The SMILES string of the molecule is COc1ccc2c(c1)[C@@H](O)CC(C1CCC(C)CC1)O2. The highest BCUT2D eigenvalue weighted by Gasteiger charge is 2.34. The lowest BCUT2D eigenvalue weighted by Gasteiger charge is -2.37. The van der Waals surface area contributed by atoms with Gasteiger partial charge < -0.3 is 14.6 Å². The molecule has 1 N–H and O–H groups in total. The third-order valence-corrected chi connectivity index (χ3v) is 4.90. The summed E-state index contributed by atoms with van der Waals surface area (Å²) < 4.78 is 11.4. The fourth-order valence-electron chi connectivity index (χ4n) is 3.53. The van der Waals surface area contributed by atoms with E-state index in [-0.39, 0.29) is 6.10 Å². The largest absolute Gasteiger partial charge is 0.497 e. The van der Waals surface area contributed by atoms with Crippen molar-refractivity contribution in [3.63, 3.8) is 0 Å². The maximum Gasteiger partial charge on any atom is 0.125 e. The van der Waals surface area contributed by atoms with E-state index in [0.29, 0.717) is 12.3 Å². The number of methoxy groups -OCH3 is 1. The molecule has 0 radical (unpaired) electrons. The summed E-state index contributed by atoms with van der Waals surface area (Å²) in [6, 6.07) is 5.71. The normalized spacial score (nSPS) is 33.1. The smallest absolute Gasteiger partial charge is 0.125 e. The van der Waals surface area contributed by atoms with Crippen LogP contribution in [0.2, 0.25) is 0 Å². The van der Waals surface area contributed by atoms with E-state index in [1.807, 2.05) is 18.2 Å². The molecular weight excluding hydrogens is 252 g/mol. The highest BCUT2D eigenvalue weighted by Crippen LogP contribution is 2.42. The van der Waals surface area contributed by atoms with E-state index < -0.39 is 6.10 Å². The van der Waals surface area contributed by atoms with E-state index >= 15 is 0 Å². The highest BCUT2D eigenvalue weighted by molar-refractivity contribution is 5.43. The molecule has 2 atom stereocenters. The quantitative estimate of drug-likeness (QED) is 0.895. The maximum atomic E-state index is 10.4. The highest BCUT2D eigenvalue weighted by atomic mass is 16.5. The van der Waals surface area contributed by atoms with Crippen LogP contribution in [-0.2, 0) is 0 Å². The number of rotatable bonds is 2. The van der Waals surface area contributed by atoms with E-state index in [1.165, 1.54) is 25.7 Å². The predicted octanol–water partition coefficient (Wildman–Crippen LogP) is 3.71. The fraction of sp³-hybridized carbons (Fsp3) is 0.647. The zero-order valence-electron chi connectivity index (χ0n) is 12.3.